The van der Waals surface area contributed by atoms with E-state index in [1.165, 1.54) is 11.1 Å². The first kappa shape index (κ1) is 16.0. The average Bonchev–Trinajstić information content (AvgIpc) is 2.91. The lowest BCUT2D eigenvalue weighted by atomic mass is 10.1. The molecule has 0 spiro atoms. The van der Waals surface area contributed by atoms with Gasteiger partial charge in [0.25, 0.3) is 5.91 Å². The van der Waals surface area contributed by atoms with Crippen molar-refractivity contribution in [1.29, 1.82) is 0 Å². The summed E-state index contributed by atoms with van der Waals surface area (Å²) in [7, 11) is 1.64. The summed E-state index contributed by atoms with van der Waals surface area (Å²) in [4.78, 5) is 16.7. The number of carbonyl (C=O) groups is 1. The number of hydrogen-bond acceptors (Lipinski definition) is 3. The van der Waals surface area contributed by atoms with E-state index in [-0.39, 0.29) is 5.91 Å². The van der Waals surface area contributed by atoms with Gasteiger partial charge in [0.1, 0.15) is 17.3 Å². The number of aryl methyl sites for hydroxylation is 3. The number of aliphatic imine (C=N–C) groups is 1. The molecule has 3 rings (SSSR count). The molecule has 0 aliphatic carbocycles. The quantitative estimate of drug-likeness (QED) is 0.880. The van der Waals surface area contributed by atoms with Crippen LogP contribution in [-0.2, 0) is 4.79 Å². The minimum atomic E-state index is -0.184. The van der Waals surface area contributed by atoms with Crippen molar-refractivity contribution < 1.29 is 9.53 Å². The van der Waals surface area contributed by atoms with Crippen LogP contribution in [-0.4, -0.2) is 18.9 Å². The number of nitrogens with zero attached hydrogens (tertiary/aromatic N) is 1. The maximum absolute atomic E-state index is 12.2. The fourth-order valence-electron chi connectivity index (χ4n) is 2.64. The van der Waals surface area contributed by atoms with E-state index in [9.17, 15) is 4.79 Å². The van der Waals surface area contributed by atoms with Gasteiger partial charge < -0.3 is 10.1 Å². The molecule has 2 aromatic carbocycles. The number of amidine groups is 1. The van der Waals surface area contributed by atoms with Crippen LogP contribution in [0.3, 0.4) is 0 Å². The molecule has 1 amide bonds. The Bertz CT molecular complexity index is 879. The van der Waals surface area contributed by atoms with Crippen molar-refractivity contribution in [2.75, 3.05) is 7.11 Å². The van der Waals surface area contributed by atoms with Gasteiger partial charge in [-0.05, 0) is 67.3 Å². The van der Waals surface area contributed by atoms with E-state index in [0.29, 0.717) is 11.5 Å². The summed E-state index contributed by atoms with van der Waals surface area (Å²) in [5.41, 5.74) is 5.65. The van der Waals surface area contributed by atoms with E-state index in [2.05, 4.69) is 17.2 Å². The molecule has 0 saturated heterocycles. The predicted molar refractivity (Wildman–Crippen MR) is 96.3 cm³/mol. The zero-order valence-electron chi connectivity index (χ0n) is 14.3. The van der Waals surface area contributed by atoms with Crippen molar-refractivity contribution in [3.05, 3.63) is 69.9 Å². The van der Waals surface area contributed by atoms with E-state index < -0.39 is 0 Å². The highest BCUT2D eigenvalue weighted by Gasteiger charge is 2.21. The van der Waals surface area contributed by atoms with Crippen molar-refractivity contribution >= 4 is 17.8 Å². The lowest BCUT2D eigenvalue weighted by Crippen LogP contribution is -2.24. The summed E-state index contributed by atoms with van der Waals surface area (Å²) in [5, 5.41) is 2.84. The number of amides is 1. The van der Waals surface area contributed by atoms with Gasteiger partial charge in [0.15, 0.2) is 0 Å². The maximum atomic E-state index is 12.2. The lowest BCUT2D eigenvalue weighted by molar-refractivity contribution is -0.115. The SMILES string of the molecule is COc1ccc(/C=C2/N=C(c3ccc(C)c(C)c3)NC2=O)cc1C. The average molecular weight is 320 g/mol. The van der Waals surface area contributed by atoms with Crippen molar-refractivity contribution in [3.63, 3.8) is 0 Å². The topological polar surface area (TPSA) is 50.7 Å². The predicted octanol–water partition coefficient (Wildman–Crippen LogP) is 3.54. The summed E-state index contributed by atoms with van der Waals surface area (Å²) in [5.74, 6) is 1.24. The summed E-state index contributed by atoms with van der Waals surface area (Å²) in [6.07, 6.45) is 1.79. The summed E-state index contributed by atoms with van der Waals surface area (Å²) < 4.78 is 5.26. The van der Waals surface area contributed by atoms with Gasteiger partial charge >= 0.3 is 0 Å². The Morgan fingerprint density at radius 3 is 2.46 bits per heavy atom. The number of methoxy groups -OCH3 is 1. The second-order valence-electron chi connectivity index (χ2n) is 5.97. The van der Waals surface area contributed by atoms with Crippen LogP contribution < -0.4 is 10.1 Å². The Labute approximate surface area is 141 Å². The number of hydrogen-bond donors (Lipinski definition) is 1. The number of rotatable bonds is 3. The van der Waals surface area contributed by atoms with Gasteiger partial charge in [-0.15, -0.1) is 0 Å². The van der Waals surface area contributed by atoms with Crippen LogP contribution in [0, 0.1) is 20.8 Å². The number of carbonyl (C=O) groups excluding carboxylic acids is 1. The van der Waals surface area contributed by atoms with E-state index in [1.54, 1.807) is 13.2 Å². The molecule has 24 heavy (non-hydrogen) atoms. The van der Waals surface area contributed by atoms with Crippen LogP contribution >= 0.6 is 0 Å². The molecule has 1 aliphatic heterocycles. The molecular formula is C20H20N2O2. The maximum Gasteiger partial charge on any atom is 0.275 e. The summed E-state index contributed by atoms with van der Waals surface area (Å²) in [6, 6.07) is 11.8. The number of nitrogens with one attached hydrogen (secondary N) is 1. The van der Waals surface area contributed by atoms with Gasteiger partial charge in [0.2, 0.25) is 0 Å². The largest absolute Gasteiger partial charge is 0.496 e. The van der Waals surface area contributed by atoms with Crippen LogP contribution in [0.25, 0.3) is 6.08 Å². The van der Waals surface area contributed by atoms with Gasteiger partial charge in [-0.25, -0.2) is 4.99 Å². The molecule has 2 aromatic rings. The Balaban J connectivity index is 1.93. The lowest BCUT2D eigenvalue weighted by Gasteiger charge is -2.04. The molecular weight excluding hydrogens is 300 g/mol. The van der Waals surface area contributed by atoms with Gasteiger partial charge in [-0.1, -0.05) is 18.2 Å². The van der Waals surface area contributed by atoms with Gasteiger partial charge in [-0.3, -0.25) is 4.79 Å². The van der Waals surface area contributed by atoms with Crippen LogP contribution in [0.1, 0.15) is 27.8 Å². The molecule has 0 atom stereocenters. The third-order valence-corrected chi connectivity index (χ3v) is 4.20. The highest BCUT2D eigenvalue weighted by molar-refractivity contribution is 6.19. The Morgan fingerprint density at radius 1 is 1.00 bits per heavy atom. The molecule has 1 heterocycles. The van der Waals surface area contributed by atoms with E-state index in [0.717, 1.165) is 22.4 Å². The molecule has 0 saturated carbocycles. The van der Waals surface area contributed by atoms with Crippen LogP contribution in [0.5, 0.6) is 5.75 Å². The van der Waals surface area contributed by atoms with Crippen molar-refractivity contribution in [2.24, 2.45) is 4.99 Å². The monoisotopic (exact) mass is 320 g/mol. The number of ether oxygens (including phenoxy) is 1. The Hall–Kier alpha value is -2.88. The molecule has 4 nitrogen and oxygen atoms in total. The van der Waals surface area contributed by atoms with E-state index in [4.69, 9.17) is 4.74 Å². The fraction of sp³-hybridized carbons (Fsp3) is 0.200. The first-order valence-corrected chi connectivity index (χ1v) is 7.82. The van der Waals surface area contributed by atoms with E-state index in [1.807, 2.05) is 50.2 Å². The Kier molecular flexibility index (Phi) is 4.21. The molecule has 0 unspecified atom stereocenters. The summed E-state index contributed by atoms with van der Waals surface area (Å²) in [6.45, 7) is 6.08. The van der Waals surface area contributed by atoms with Gasteiger partial charge in [0.05, 0.1) is 7.11 Å². The minimum Gasteiger partial charge on any atom is -0.496 e. The molecule has 0 fully saturated rings. The van der Waals surface area contributed by atoms with Crippen molar-refractivity contribution in [1.82, 2.24) is 5.32 Å². The normalized spacial score (nSPS) is 15.4. The highest BCUT2D eigenvalue weighted by atomic mass is 16.5. The second-order valence-corrected chi connectivity index (χ2v) is 5.97. The molecule has 1 aliphatic rings. The molecule has 0 radical (unpaired) electrons. The van der Waals surface area contributed by atoms with Crippen LogP contribution in [0.15, 0.2) is 47.1 Å². The second kappa shape index (κ2) is 6.32. The summed E-state index contributed by atoms with van der Waals surface area (Å²) >= 11 is 0. The van der Waals surface area contributed by atoms with Crippen molar-refractivity contribution in [2.45, 2.75) is 20.8 Å². The standard InChI is InChI=1S/C20H20N2O2/c1-12-5-7-16(10-13(12)2)19-21-17(20(23)22-19)11-15-6-8-18(24-4)14(3)9-15/h5-11H,1-4H3,(H,21,22,23)/b17-11+. The smallest absolute Gasteiger partial charge is 0.275 e. The molecule has 0 aromatic heterocycles. The third kappa shape index (κ3) is 3.08. The molecule has 4 heteroatoms. The molecule has 122 valence electrons. The van der Waals surface area contributed by atoms with Crippen LogP contribution in [0.4, 0.5) is 0 Å². The molecule has 0 bridgehead atoms. The molecule has 1 N–H and O–H groups in total. The van der Waals surface area contributed by atoms with Gasteiger partial charge in [-0.2, -0.15) is 0 Å². The number of benzene rings is 2. The van der Waals surface area contributed by atoms with Crippen molar-refractivity contribution in [3.8, 4) is 5.75 Å². The minimum absolute atomic E-state index is 0.184. The fourth-order valence-corrected chi connectivity index (χ4v) is 2.64. The first-order chi connectivity index (χ1) is 11.5. The highest BCUT2D eigenvalue weighted by Crippen LogP contribution is 2.22. The zero-order chi connectivity index (χ0) is 17.3. The van der Waals surface area contributed by atoms with Gasteiger partial charge in [0, 0.05) is 5.56 Å². The van der Waals surface area contributed by atoms with E-state index >= 15 is 0 Å². The first-order valence-electron chi connectivity index (χ1n) is 7.82. The van der Waals surface area contributed by atoms with Crippen LogP contribution in [0.2, 0.25) is 0 Å². The third-order valence-electron chi connectivity index (χ3n) is 4.20. The zero-order valence-corrected chi connectivity index (χ0v) is 14.3. The Morgan fingerprint density at radius 2 is 1.79 bits per heavy atom.